The summed E-state index contributed by atoms with van der Waals surface area (Å²) in [5.74, 6) is -0.524. The Kier molecular flexibility index (Phi) is 5.27. The SMILES string of the molecule is CCc1ccc(/C(O)=C2/C(=O)C(=O)N(c3ccc(C)c(C)c3)C2c2ccc(C)o2)cc1. The summed E-state index contributed by atoms with van der Waals surface area (Å²) in [6.45, 7) is 7.79. The Morgan fingerprint density at radius 2 is 1.68 bits per heavy atom. The van der Waals surface area contributed by atoms with Crippen LogP contribution >= 0.6 is 0 Å². The van der Waals surface area contributed by atoms with Crippen LogP contribution in [0.25, 0.3) is 5.76 Å². The number of carbonyl (C=O) groups excluding carboxylic acids is 2. The second-order valence-electron chi connectivity index (χ2n) is 7.94. The standard InChI is InChI=1S/C26H25NO4/c1-5-18-8-10-19(11-9-18)24(28)22-23(21-13-7-17(4)31-21)27(26(30)25(22)29)20-12-6-15(2)16(3)14-20/h6-14,23,28H,5H2,1-4H3/b24-22-. The molecule has 1 atom stereocenters. The maximum atomic E-state index is 13.1. The predicted octanol–water partition coefficient (Wildman–Crippen LogP) is 5.39. The number of aryl methyl sites for hydroxylation is 4. The van der Waals surface area contributed by atoms with Crippen molar-refractivity contribution in [1.82, 2.24) is 0 Å². The van der Waals surface area contributed by atoms with Crippen LogP contribution in [0.4, 0.5) is 5.69 Å². The Bertz CT molecular complexity index is 1200. The van der Waals surface area contributed by atoms with Gasteiger partial charge in [0.05, 0.1) is 5.57 Å². The highest BCUT2D eigenvalue weighted by Gasteiger charge is 2.48. The number of rotatable bonds is 4. The number of hydrogen-bond donors (Lipinski definition) is 1. The monoisotopic (exact) mass is 415 g/mol. The molecule has 1 fully saturated rings. The van der Waals surface area contributed by atoms with Crippen molar-refractivity contribution in [2.24, 2.45) is 0 Å². The summed E-state index contributed by atoms with van der Waals surface area (Å²) < 4.78 is 5.83. The normalized spacial score (nSPS) is 18.1. The number of carbonyl (C=O) groups is 2. The van der Waals surface area contributed by atoms with Gasteiger partial charge in [0.1, 0.15) is 23.3 Å². The van der Waals surface area contributed by atoms with E-state index >= 15 is 0 Å². The fourth-order valence-electron chi connectivity index (χ4n) is 3.90. The first-order valence-corrected chi connectivity index (χ1v) is 10.4. The molecule has 1 saturated heterocycles. The van der Waals surface area contributed by atoms with E-state index in [9.17, 15) is 14.7 Å². The van der Waals surface area contributed by atoms with Crippen LogP contribution in [0.15, 0.2) is 64.6 Å². The minimum absolute atomic E-state index is 0.0295. The second kappa shape index (κ2) is 7.91. The zero-order valence-electron chi connectivity index (χ0n) is 18.1. The molecule has 1 aromatic heterocycles. The van der Waals surface area contributed by atoms with E-state index in [-0.39, 0.29) is 11.3 Å². The lowest BCUT2D eigenvalue weighted by molar-refractivity contribution is -0.132. The third-order valence-electron chi connectivity index (χ3n) is 5.88. The maximum Gasteiger partial charge on any atom is 0.300 e. The Morgan fingerprint density at radius 3 is 2.26 bits per heavy atom. The first-order chi connectivity index (χ1) is 14.8. The van der Waals surface area contributed by atoms with Crippen LogP contribution in [0.2, 0.25) is 0 Å². The molecule has 31 heavy (non-hydrogen) atoms. The number of hydrogen-bond acceptors (Lipinski definition) is 4. The first-order valence-electron chi connectivity index (χ1n) is 10.4. The van der Waals surface area contributed by atoms with Crippen LogP contribution < -0.4 is 4.90 Å². The van der Waals surface area contributed by atoms with Gasteiger partial charge in [-0.2, -0.15) is 0 Å². The molecule has 1 aliphatic heterocycles. The average molecular weight is 415 g/mol. The van der Waals surface area contributed by atoms with E-state index in [0.29, 0.717) is 22.8 Å². The van der Waals surface area contributed by atoms with Gasteiger partial charge in [-0.1, -0.05) is 37.3 Å². The minimum atomic E-state index is -0.846. The third kappa shape index (κ3) is 3.56. The summed E-state index contributed by atoms with van der Waals surface area (Å²) in [5, 5.41) is 11.1. The molecule has 0 bridgehead atoms. The van der Waals surface area contributed by atoms with Crippen molar-refractivity contribution in [3.05, 3.63) is 93.9 Å². The van der Waals surface area contributed by atoms with Gasteiger partial charge in [-0.25, -0.2) is 0 Å². The van der Waals surface area contributed by atoms with E-state index in [1.807, 2.05) is 51.1 Å². The molecular formula is C26H25NO4. The maximum absolute atomic E-state index is 13.1. The van der Waals surface area contributed by atoms with Gasteiger partial charge >= 0.3 is 0 Å². The van der Waals surface area contributed by atoms with Gasteiger partial charge in [-0.05, 0) is 68.1 Å². The molecule has 1 unspecified atom stereocenters. The molecule has 0 aliphatic carbocycles. The topological polar surface area (TPSA) is 70.8 Å². The molecule has 0 spiro atoms. The van der Waals surface area contributed by atoms with Gasteiger partial charge in [0.25, 0.3) is 11.7 Å². The number of aliphatic hydroxyl groups is 1. The average Bonchev–Trinajstić information content (AvgIpc) is 3.31. The fraction of sp³-hybridized carbons (Fsp3) is 0.231. The van der Waals surface area contributed by atoms with Crippen LogP contribution in [-0.4, -0.2) is 16.8 Å². The summed E-state index contributed by atoms with van der Waals surface area (Å²) >= 11 is 0. The summed E-state index contributed by atoms with van der Waals surface area (Å²) in [5.41, 5.74) is 4.31. The van der Waals surface area contributed by atoms with Gasteiger partial charge in [-0.15, -0.1) is 0 Å². The lowest BCUT2D eigenvalue weighted by Crippen LogP contribution is -2.29. The molecule has 4 rings (SSSR count). The van der Waals surface area contributed by atoms with Crippen molar-refractivity contribution < 1.29 is 19.1 Å². The van der Waals surface area contributed by atoms with Gasteiger partial charge in [0.2, 0.25) is 0 Å². The van der Waals surface area contributed by atoms with Crippen molar-refractivity contribution in [2.75, 3.05) is 4.90 Å². The van der Waals surface area contributed by atoms with Crippen molar-refractivity contribution in [3.8, 4) is 0 Å². The largest absolute Gasteiger partial charge is 0.507 e. The van der Waals surface area contributed by atoms with Gasteiger partial charge < -0.3 is 9.52 Å². The van der Waals surface area contributed by atoms with E-state index in [0.717, 1.165) is 23.1 Å². The molecule has 5 nitrogen and oxygen atoms in total. The first kappa shape index (κ1) is 20.7. The smallest absolute Gasteiger partial charge is 0.300 e. The molecular weight excluding hydrogens is 390 g/mol. The molecule has 0 saturated carbocycles. The molecule has 1 N–H and O–H groups in total. The minimum Gasteiger partial charge on any atom is -0.507 e. The van der Waals surface area contributed by atoms with E-state index in [4.69, 9.17) is 4.42 Å². The van der Waals surface area contributed by atoms with Gasteiger partial charge in [-0.3, -0.25) is 14.5 Å². The van der Waals surface area contributed by atoms with E-state index < -0.39 is 17.7 Å². The molecule has 5 heteroatoms. The molecule has 0 radical (unpaired) electrons. The number of benzene rings is 2. The molecule has 3 aromatic rings. The number of furan rings is 1. The highest BCUT2D eigenvalue weighted by atomic mass is 16.3. The number of amides is 1. The molecule has 158 valence electrons. The predicted molar refractivity (Wildman–Crippen MR) is 120 cm³/mol. The number of aliphatic hydroxyl groups excluding tert-OH is 1. The highest BCUT2D eigenvalue weighted by Crippen LogP contribution is 2.43. The van der Waals surface area contributed by atoms with Gasteiger partial charge in [0.15, 0.2) is 0 Å². The summed E-state index contributed by atoms with van der Waals surface area (Å²) in [6, 6.07) is 15.6. The van der Waals surface area contributed by atoms with Crippen LogP contribution in [0, 0.1) is 20.8 Å². The van der Waals surface area contributed by atoms with Crippen LogP contribution in [-0.2, 0) is 16.0 Å². The molecule has 1 amide bonds. The lowest BCUT2D eigenvalue weighted by Gasteiger charge is -2.24. The summed E-state index contributed by atoms with van der Waals surface area (Å²) in [4.78, 5) is 27.7. The van der Waals surface area contributed by atoms with Crippen molar-refractivity contribution >= 4 is 23.1 Å². The van der Waals surface area contributed by atoms with E-state index in [1.54, 1.807) is 31.2 Å². The lowest BCUT2D eigenvalue weighted by atomic mass is 9.98. The van der Waals surface area contributed by atoms with E-state index in [1.165, 1.54) is 4.90 Å². The molecule has 2 aromatic carbocycles. The molecule has 2 heterocycles. The number of Topliss-reactive ketones (excluding diaryl/α,β-unsaturated/α-hetero) is 1. The Hall–Kier alpha value is -3.60. The zero-order chi connectivity index (χ0) is 22.3. The molecule has 1 aliphatic rings. The van der Waals surface area contributed by atoms with Crippen molar-refractivity contribution in [2.45, 2.75) is 40.2 Å². The van der Waals surface area contributed by atoms with Crippen molar-refractivity contribution in [1.29, 1.82) is 0 Å². The van der Waals surface area contributed by atoms with Crippen LogP contribution in [0.3, 0.4) is 0 Å². The Balaban J connectivity index is 1.91. The van der Waals surface area contributed by atoms with Crippen LogP contribution in [0.1, 0.15) is 46.7 Å². The van der Waals surface area contributed by atoms with E-state index in [2.05, 4.69) is 0 Å². The summed E-state index contributed by atoms with van der Waals surface area (Å²) in [6.07, 6.45) is 0.865. The third-order valence-corrected chi connectivity index (χ3v) is 5.88. The Labute approximate surface area is 181 Å². The zero-order valence-corrected chi connectivity index (χ0v) is 18.1. The number of ketones is 1. The van der Waals surface area contributed by atoms with Crippen molar-refractivity contribution in [3.63, 3.8) is 0 Å². The van der Waals surface area contributed by atoms with Gasteiger partial charge in [0, 0.05) is 11.3 Å². The second-order valence-corrected chi connectivity index (χ2v) is 7.94. The van der Waals surface area contributed by atoms with Crippen LogP contribution in [0.5, 0.6) is 0 Å². The number of anilines is 1. The Morgan fingerprint density at radius 1 is 0.968 bits per heavy atom. The summed E-state index contributed by atoms with van der Waals surface area (Å²) in [7, 11) is 0. The quantitative estimate of drug-likeness (QED) is 0.352. The number of nitrogens with zero attached hydrogens (tertiary/aromatic N) is 1. The fourth-order valence-corrected chi connectivity index (χ4v) is 3.90. The highest BCUT2D eigenvalue weighted by molar-refractivity contribution is 6.51.